The van der Waals surface area contributed by atoms with Gasteiger partial charge in [0.1, 0.15) is 11.3 Å². The predicted molar refractivity (Wildman–Crippen MR) is 129 cm³/mol. The monoisotopic (exact) mass is 481 g/mol. The molecule has 0 N–H and O–H groups in total. The highest BCUT2D eigenvalue weighted by molar-refractivity contribution is 7.98. The minimum absolute atomic E-state index is 0. The number of aromatic nitrogens is 1. The van der Waals surface area contributed by atoms with Gasteiger partial charge in [0.05, 0.1) is 17.9 Å². The van der Waals surface area contributed by atoms with Crippen LogP contribution in [0.25, 0.3) is 10.2 Å². The fourth-order valence-corrected chi connectivity index (χ4v) is 4.96. The number of halogens is 2. The van der Waals surface area contributed by atoms with Crippen molar-refractivity contribution in [1.82, 2.24) is 9.88 Å². The van der Waals surface area contributed by atoms with E-state index in [1.54, 1.807) is 22.7 Å². The number of ether oxygens (including phenoxy) is 1. The third-order valence-corrected chi connectivity index (χ3v) is 6.88. The van der Waals surface area contributed by atoms with Gasteiger partial charge in [-0.3, -0.25) is 14.6 Å². The summed E-state index contributed by atoms with van der Waals surface area (Å²) < 4.78 is 20.4. The van der Waals surface area contributed by atoms with Gasteiger partial charge in [-0.15, -0.1) is 24.2 Å². The van der Waals surface area contributed by atoms with E-state index in [1.165, 1.54) is 17.4 Å². The molecule has 0 spiro atoms. The molecule has 5 nitrogen and oxygen atoms in total. The molecule has 3 aromatic rings. The summed E-state index contributed by atoms with van der Waals surface area (Å²) in [5, 5.41) is 0.539. The Balaban J connectivity index is 0.00000272. The lowest BCUT2D eigenvalue weighted by molar-refractivity contribution is 0.0376. The number of thiazole rings is 1. The van der Waals surface area contributed by atoms with E-state index in [0.717, 1.165) is 48.9 Å². The van der Waals surface area contributed by atoms with E-state index in [0.29, 0.717) is 22.8 Å². The number of rotatable bonds is 7. The Morgan fingerprint density at radius 1 is 1.26 bits per heavy atom. The molecule has 1 aliphatic rings. The zero-order valence-corrected chi connectivity index (χ0v) is 19.7. The maximum Gasteiger partial charge on any atom is 0.260 e. The Morgan fingerprint density at radius 3 is 2.77 bits per heavy atom. The first-order valence-corrected chi connectivity index (χ1v) is 12.0. The second-order valence-corrected chi connectivity index (χ2v) is 8.97. The fourth-order valence-electron chi connectivity index (χ4n) is 3.49. The number of carbonyl (C=O) groups is 1. The number of para-hydroxylation sites is 1. The number of fused-ring (bicyclic) bond motifs is 1. The zero-order valence-electron chi connectivity index (χ0n) is 17.3. The Kier molecular flexibility index (Phi) is 8.68. The lowest BCUT2D eigenvalue weighted by Gasteiger charge is -2.27. The van der Waals surface area contributed by atoms with Crippen LogP contribution in [0.15, 0.2) is 47.4 Å². The molecule has 4 rings (SSSR count). The Labute approximate surface area is 196 Å². The second kappa shape index (κ2) is 11.2. The fraction of sp³-hybridized carbons (Fsp3) is 0.364. The molecular weight excluding hydrogens is 457 g/mol. The number of carbonyl (C=O) groups excluding carboxylic acids is 1. The first kappa shape index (κ1) is 23.9. The third kappa shape index (κ3) is 5.75. The first-order valence-electron chi connectivity index (χ1n) is 9.97. The van der Waals surface area contributed by atoms with E-state index in [2.05, 4.69) is 9.88 Å². The Hall–Kier alpha value is -1.71. The van der Waals surface area contributed by atoms with E-state index in [1.807, 2.05) is 36.6 Å². The van der Waals surface area contributed by atoms with Crippen LogP contribution in [-0.4, -0.2) is 61.4 Å². The summed E-state index contributed by atoms with van der Waals surface area (Å²) in [7, 11) is 0. The van der Waals surface area contributed by atoms with Gasteiger partial charge < -0.3 is 4.74 Å². The largest absolute Gasteiger partial charge is 0.379 e. The molecule has 1 saturated heterocycles. The number of amides is 1. The van der Waals surface area contributed by atoms with E-state index >= 15 is 0 Å². The van der Waals surface area contributed by atoms with Crippen molar-refractivity contribution in [1.29, 1.82) is 0 Å². The van der Waals surface area contributed by atoms with Gasteiger partial charge in [0.15, 0.2) is 5.13 Å². The summed E-state index contributed by atoms with van der Waals surface area (Å²) >= 11 is 2.95. The highest BCUT2D eigenvalue weighted by Crippen LogP contribution is 2.31. The number of nitrogens with zero attached hydrogens (tertiary/aromatic N) is 3. The Morgan fingerprint density at radius 2 is 2.03 bits per heavy atom. The summed E-state index contributed by atoms with van der Waals surface area (Å²) in [5.74, 6) is -0.465. The molecule has 166 valence electrons. The SMILES string of the molecule is CSc1cccc(C(=O)N(CCCN2CCOCC2)c2nc3c(F)cccc3s2)c1.Cl. The van der Waals surface area contributed by atoms with Gasteiger partial charge >= 0.3 is 0 Å². The van der Waals surface area contributed by atoms with Crippen LogP contribution in [0.1, 0.15) is 16.8 Å². The Bertz CT molecular complexity index is 1030. The molecule has 0 atom stereocenters. The molecule has 0 unspecified atom stereocenters. The molecule has 1 aromatic heterocycles. The molecule has 0 bridgehead atoms. The van der Waals surface area contributed by atoms with Crippen molar-refractivity contribution in [3.8, 4) is 0 Å². The van der Waals surface area contributed by atoms with Crippen LogP contribution >= 0.6 is 35.5 Å². The zero-order chi connectivity index (χ0) is 20.9. The van der Waals surface area contributed by atoms with Gasteiger partial charge in [-0.25, -0.2) is 9.37 Å². The molecule has 1 fully saturated rings. The lowest BCUT2D eigenvalue weighted by Crippen LogP contribution is -2.39. The van der Waals surface area contributed by atoms with Crippen molar-refractivity contribution in [2.75, 3.05) is 50.5 Å². The van der Waals surface area contributed by atoms with Crippen molar-refractivity contribution in [3.63, 3.8) is 0 Å². The first-order chi connectivity index (χ1) is 14.7. The standard InChI is InChI=1S/C22H24FN3O2S2.ClH/c1-29-17-6-2-5-16(15-17)21(27)26(10-4-9-25-11-13-28-14-12-25)22-24-20-18(23)7-3-8-19(20)30-22;/h2-3,5-8,15H,4,9-14H2,1H3;1H. The van der Waals surface area contributed by atoms with Crippen LogP contribution in [0, 0.1) is 5.82 Å². The minimum atomic E-state index is -0.361. The maximum absolute atomic E-state index is 14.2. The van der Waals surface area contributed by atoms with Gasteiger partial charge in [-0.2, -0.15) is 0 Å². The molecule has 1 amide bonds. The summed E-state index contributed by atoms with van der Waals surface area (Å²) in [6.07, 6.45) is 2.80. The van der Waals surface area contributed by atoms with Crippen LogP contribution in [0.2, 0.25) is 0 Å². The summed E-state index contributed by atoms with van der Waals surface area (Å²) in [6, 6.07) is 12.5. The molecule has 0 saturated carbocycles. The van der Waals surface area contributed by atoms with E-state index < -0.39 is 0 Å². The van der Waals surface area contributed by atoms with Crippen LogP contribution < -0.4 is 4.90 Å². The quantitative estimate of drug-likeness (QED) is 0.447. The topological polar surface area (TPSA) is 45.7 Å². The number of morpholine rings is 1. The molecule has 31 heavy (non-hydrogen) atoms. The van der Waals surface area contributed by atoms with E-state index in [9.17, 15) is 9.18 Å². The van der Waals surface area contributed by atoms with E-state index in [-0.39, 0.29) is 24.1 Å². The molecule has 2 aromatic carbocycles. The van der Waals surface area contributed by atoms with Gasteiger partial charge in [-0.1, -0.05) is 23.5 Å². The predicted octanol–water partition coefficient (Wildman–Crippen LogP) is 4.95. The van der Waals surface area contributed by atoms with Crippen LogP contribution in [0.5, 0.6) is 0 Å². The average Bonchev–Trinajstić information content (AvgIpc) is 3.22. The number of benzene rings is 2. The van der Waals surface area contributed by atoms with E-state index in [4.69, 9.17) is 4.74 Å². The molecule has 1 aliphatic heterocycles. The number of anilines is 1. The molecular formula is C22H25ClFN3O2S2. The summed E-state index contributed by atoms with van der Waals surface area (Å²) in [5.41, 5.74) is 0.939. The summed E-state index contributed by atoms with van der Waals surface area (Å²) in [6.45, 7) is 4.74. The smallest absolute Gasteiger partial charge is 0.260 e. The number of thioether (sulfide) groups is 1. The number of hydrogen-bond acceptors (Lipinski definition) is 6. The number of hydrogen-bond donors (Lipinski definition) is 0. The molecule has 0 radical (unpaired) electrons. The average molecular weight is 482 g/mol. The van der Waals surface area contributed by atoms with Crippen molar-refractivity contribution in [2.24, 2.45) is 0 Å². The maximum atomic E-state index is 14.2. The second-order valence-electron chi connectivity index (χ2n) is 7.08. The van der Waals surface area contributed by atoms with Gasteiger partial charge in [-0.05, 0) is 43.0 Å². The van der Waals surface area contributed by atoms with Crippen molar-refractivity contribution < 1.29 is 13.9 Å². The van der Waals surface area contributed by atoms with Crippen LogP contribution in [-0.2, 0) is 4.74 Å². The molecule has 0 aliphatic carbocycles. The minimum Gasteiger partial charge on any atom is -0.379 e. The molecule has 9 heteroatoms. The summed E-state index contributed by atoms with van der Waals surface area (Å²) in [4.78, 5) is 23.0. The normalized spacial score (nSPS) is 14.4. The van der Waals surface area contributed by atoms with Crippen molar-refractivity contribution in [2.45, 2.75) is 11.3 Å². The van der Waals surface area contributed by atoms with Crippen molar-refractivity contribution >= 4 is 56.8 Å². The third-order valence-electron chi connectivity index (χ3n) is 5.11. The van der Waals surface area contributed by atoms with Gasteiger partial charge in [0.25, 0.3) is 5.91 Å². The van der Waals surface area contributed by atoms with Gasteiger partial charge in [0.2, 0.25) is 0 Å². The highest BCUT2D eigenvalue weighted by atomic mass is 35.5. The van der Waals surface area contributed by atoms with Crippen LogP contribution in [0.3, 0.4) is 0 Å². The van der Waals surface area contributed by atoms with Gasteiger partial charge in [0, 0.05) is 36.6 Å². The molecule has 2 heterocycles. The van der Waals surface area contributed by atoms with Crippen molar-refractivity contribution in [3.05, 3.63) is 53.8 Å². The highest BCUT2D eigenvalue weighted by Gasteiger charge is 2.23. The van der Waals surface area contributed by atoms with Crippen LogP contribution in [0.4, 0.5) is 9.52 Å². The lowest BCUT2D eigenvalue weighted by atomic mass is 10.2.